The number of rotatable bonds is 3. The van der Waals surface area contributed by atoms with E-state index in [0.717, 1.165) is 29.4 Å². The summed E-state index contributed by atoms with van der Waals surface area (Å²) >= 11 is 0. The molecular formula is C14H12N2O. The number of hydrogen-bond acceptors (Lipinski definition) is 3. The Kier molecular flexibility index (Phi) is 2.41. The molecule has 0 unspecified atom stereocenters. The van der Waals surface area contributed by atoms with Gasteiger partial charge in [0.2, 0.25) is 0 Å². The lowest BCUT2D eigenvalue weighted by Crippen LogP contribution is -1.92. The van der Waals surface area contributed by atoms with Gasteiger partial charge < -0.3 is 4.42 Å². The number of nitrogens with zero attached hydrogens (tertiary/aromatic N) is 2. The van der Waals surface area contributed by atoms with Crippen LogP contribution < -0.4 is 0 Å². The standard InChI is InChI=1S/C14H12N2O/c15-8-11-3-1-2-4-12(11)14-13(16-9-17-14)7-10-5-6-10/h1-4,9-10H,5-7H2. The van der Waals surface area contributed by atoms with Crippen molar-refractivity contribution < 1.29 is 4.42 Å². The summed E-state index contributed by atoms with van der Waals surface area (Å²) in [5.41, 5.74) is 2.47. The summed E-state index contributed by atoms with van der Waals surface area (Å²) in [5, 5.41) is 9.09. The minimum absolute atomic E-state index is 0.640. The Morgan fingerprint density at radius 3 is 2.94 bits per heavy atom. The van der Waals surface area contributed by atoms with Gasteiger partial charge in [0, 0.05) is 5.56 Å². The molecule has 0 radical (unpaired) electrons. The summed E-state index contributed by atoms with van der Waals surface area (Å²) in [6.45, 7) is 0. The first-order valence-corrected chi connectivity index (χ1v) is 5.80. The van der Waals surface area contributed by atoms with E-state index in [2.05, 4.69) is 11.1 Å². The molecule has 1 aromatic heterocycles. The lowest BCUT2D eigenvalue weighted by atomic mass is 10.0. The third kappa shape index (κ3) is 1.94. The highest BCUT2D eigenvalue weighted by Gasteiger charge is 2.25. The van der Waals surface area contributed by atoms with E-state index in [1.54, 1.807) is 6.07 Å². The van der Waals surface area contributed by atoms with Crippen LogP contribution in [0, 0.1) is 17.2 Å². The number of benzene rings is 1. The van der Waals surface area contributed by atoms with Crippen molar-refractivity contribution in [3.63, 3.8) is 0 Å². The molecule has 1 aromatic carbocycles. The van der Waals surface area contributed by atoms with Crippen molar-refractivity contribution in [2.75, 3.05) is 0 Å². The summed E-state index contributed by atoms with van der Waals surface area (Å²) in [6.07, 6.45) is 5.01. The van der Waals surface area contributed by atoms with Crippen LogP contribution in [0.1, 0.15) is 24.1 Å². The lowest BCUT2D eigenvalue weighted by Gasteiger charge is -2.02. The predicted octanol–water partition coefficient (Wildman–Crippen LogP) is 3.17. The van der Waals surface area contributed by atoms with E-state index in [4.69, 9.17) is 9.68 Å². The summed E-state index contributed by atoms with van der Waals surface area (Å²) in [5.74, 6) is 1.52. The predicted molar refractivity (Wildman–Crippen MR) is 63.1 cm³/mol. The molecule has 0 N–H and O–H groups in total. The van der Waals surface area contributed by atoms with E-state index in [1.807, 2.05) is 18.2 Å². The van der Waals surface area contributed by atoms with Gasteiger partial charge in [-0.3, -0.25) is 0 Å². The van der Waals surface area contributed by atoms with Crippen molar-refractivity contribution >= 4 is 0 Å². The summed E-state index contributed by atoms with van der Waals surface area (Å²) in [4.78, 5) is 4.27. The van der Waals surface area contributed by atoms with Crippen LogP contribution in [0.3, 0.4) is 0 Å². The van der Waals surface area contributed by atoms with Gasteiger partial charge in [-0.2, -0.15) is 5.26 Å². The Labute approximate surface area is 99.7 Å². The Balaban J connectivity index is 2.02. The number of oxazole rings is 1. The lowest BCUT2D eigenvalue weighted by molar-refractivity contribution is 0.570. The largest absolute Gasteiger partial charge is 0.443 e. The molecule has 3 heteroatoms. The zero-order chi connectivity index (χ0) is 11.7. The van der Waals surface area contributed by atoms with Crippen LogP contribution in [0.15, 0.2) is 35.1 Å². The molecule has 2 aromatic rings. The number of nitriles is 1. The van der Waals surface area contributed by atoms with E-state index in [9.17, 15) is 0 Å². The summed E-state index contributed by atoms with van der Waals surface area (Å²) in [7, 11) is 0. The van der Waals surface area contributed by atoms with Crippen molar-refractivity contribution in [2.45, 2.75) is 19.3 Å². The average molecular weight is 224 g/mol. The molecule has 1 fully saturated rings. The van der Waals surface area contributed by atoms with Crippen LogP contribution in [-0.4, -0.2) is 4.98 Å². The minimum Gasteiger partial charge on any atom is -0.443 e. The molecule has 17 heavy (non-hydrogen) atoms. The van der Waals surface area contributed by atoms with E-state index < -0.39 is 0 Å². The maximum atomic E-state index is 9.09. The Bertz CT molecular complexity index is 576. The van der Waals surface area contributed by atoms with Gasteiger partial charge in [-0.1, -0.05) is 12.1 Å². The molecule has 0 atom stereocenters. The third-order valence-electron chi connectivity index (χ3n) is 3.11. The molecule has 1 heterocycles. The Morgan fingerprint density at radius 1 is 1.35 bits per heavy atom. The molecule has 3 rings (SSSR count). The molecular weight excluding hydrogens is 212 g/mol. The van der Waals surface area contributed by atoms with E-state index in [0.29, 0.717) is 5.56 Å². The van der Waals surface area contributed by atoms with Crippen molar-refractivity contribution in [2.24, 2.45) is 5.92 Å². The van der Waals surface area contributed by atoms with Gasteiger partial charge in [-0.25, -0.2) is 4.98 Å². The van der Waals surface area contributed by atoms with Gasteiger partial charge in [0.15, 0.2) is 12.2 Å². The zero-order valence-electron chi connectivity index (χ0n) is 9.39. The quantitative estimate of drug-likeness (QED) is 0.804. The summed E-state index contributed by atoms with van der Waals surface area (Å²) in [6, 6.07) is 9.69. The molecule has 84 valence electrons. The van der Waals surface area contributed by atoms with Gasteiger partial charge in [0.05, 0.1) is 17.3 Å². The van der Waals surface area contributed by atoms with Gasteiger partial charge >= 0.3 is 0 Å². The molecule has 0 aliphatic heterocycles. The molecule has 0 saturated heterocycles. The number of hydrogen-bond donors (Lipinski definition) is 0. The second kappa shape index (κ2) is 4.06. The molecule has 0 amide bonds. The van der Waals surface area contributed by atoms with Gasteiger partial charge in [0.1, 0.15) is 0 Å². The van der Waals surface area contributed by atoms with Crippen LogP contribution in [0.5, 0.6) is 0 Å². The monoisotopic (exact) mass is 224 g/mol. The first-order valence-electron chi connectivity index (χ1n) is 5.80. The van der Waals surface area contributed by atoms with Gasteiger partial charge in [-0.05, 0) is 37.3 Å². The van der Waals surface area contributed by atoms with Crippen molar-refractivity contribution in [3.05, 3.63) is 41.9 Å². The molecule has 1 aliphatic carbocycles. The smallest absolute Gasteiger partial charge is 0.181 e. The van der Waals surface area contributed by atoms with Crippen molar-refractivity contribution in [1.29, 1.82) is 5.26 Å². The van der Waals surface area contributed by atoms with Crippen LogP contribution in [0.4, 0.5) is 0 Å². The zero-order valence-corrected chi connectivity index (χ0v) is 9.39. The molecule has 0 spiro atoms. The fraction of sp³-hybridized carbons (Fsp3) is 0.286. The fourth-order valence-corrected chi connectivity index (χ4v) is 2.01. The van der Waals surface area contributed by atoms with E-state index in [-0.39, 0.29) is 0 Å². The highest BCUT2D eigenvalue weighted by atomic mass is 16.3. The highest BCUT2D eigenvalue weighted by Crippen LogP contribution is 2.35. The normalized spacial score (nSPS) is 14.5. The minimum atomic E-state index is 0.640. The van der Waals surface area contributed by atoms with E-state index >= 15 is 0 Å². The second-order valence-electron chi connectivity index (χ2n) is 4.43. The van der Waals surface area contributed by atoms with Crippen molar-refractivity contribution in [1.82, 2.24) is 4.98 Å². The Morgan fingerprint density at radius 2 is 2.18 bits per heavy atom. The molecule has 3 nitrogen and oxygen atoms in total. The van der Waals surface area contributed by atoms with E-state index in [1.165, 1.54) is 19.2 Å². The van der Waals surface area contributed by atoms with Crippen LogP contribution in [0.25, 0.3) is 11.3 Å². The fourth-order valence-electron chi connectivity index (χ4n) is 2.01. The SMILES string of the molecule is N#Cc1ccccc1-c1ocnc1CC1CC1. The van der Waals surface area contributed by atoms with Crippen molar-refractivity contribution in [3.8, 4) is 17.4 Å². The average Bonchev–Trinajstić information content (AvgIpc) is 3.06. The Hall–Kier alpha value is -2.08. The highest BCUT2D eigenvalue weighted by molar-refractivity contribution is 5.67. The van der Waals surface area contributed by atoms with Crippen LogP contribution in [-0.2, 0) is 6.42 Å². The third-order valence-corrected chi connectivity index (χ3v) is 3.11. The molecule has 1 aliphatic rings. The van der Waals surface area contributed by atoms with Gasteiger partial charge in [0.25, 0.3) is 0 Å². The number of aromatic nitrogens is 1. The summed E-state index contributed by atoms with van der Waals surface area (Å²) < 4.78 is 5.46. The maximum Gasteiger partial charge on any atom is 0.181 e. The molecule has 0 bridgehead atoms. The van der Waals surface area contributed by atoms with Gasteiger partial charge in [-0.15, -0.1) is 0 Å². The first-order chi connectivity index (χ1) is 8.38. The maximum absolute atomic E-state index is 9.09. The van der Waals surface area contributed by atoms with Crippen LogP contribution >= 0.6 is 0 Å². The first kappa shape index (κ1) is 10.1. The second-order valence-corrected chi connectivity index (χ2v) is 4.43. The molecule has 1 saturated carbocycles. The van der Waals surface area contributed by atoms with Crippen LogP contribution in [0.2, 0.25) is 0 Å². The topological polar surface area (TPSA) is 49.8 Å².